The van der Waals surface area contributed by atoms with E-state index >= 15 is 0 Å². The van der Waals surface area contributed by atoms with Crippen LogP contribution in [0.2, 0.25) is 0 Å². The summed E-state index contributed by atoms with van der Waals surface area (Å²) in [6.07, 6.45) is -4.06. The highest BCUT2D eigenvalue weighted by molar-refractivity contribution is 5.93. The second kappa shape index (κ2) is 4.30. The molecule has 0 aromatic carbocycles. The first kappa shape index (κ1) is 11.8. The summed E-state index contributed by atoms with van der Waals surface area (Å²) < 4.78 is 36.5. The molecule has 1 aromatic heterocycles. The van der Waals surface area contributed by atoms with Gasteiger partial charge < -0.3 is 0 Å². The molecule has 1 fully saturated rings. The van der Waals surface area contributed by atoms with E-state index in [1.807, 2.05) is 0 Å². The topological polar surface area (TPSA) is 94.7 Å². The number of hydrogen-bond donors (Lipinski definition) is 4. The van der Waals surface area contributed by atoms with Crippen molar-refractivity contribution < 1.29 is 18.0 Å². The second-order valence-corrected chi connectivity index (χ2v) is 3.41. The minimum Gasteiger partial charge on any atom is -0.292 e. The molecule has 10 heteroatoms. The van der Waals surface area contributed by atoms with Crippen LogP contribution in [0.5, 0.6) is 0 Å². The van der Waals surface area contributed by atoms with E-state index in [9.17, 15) is 18.0 Å². The summed E-state index contributed by atoms with van der Waals surface area (Å²) in [7, 11) is 0. The Labute approximate surface area is 93.1 Å². The van der Waals surface area contributed by atoms with Crippen LogP contribution in [0.3, 0.4) is 0 Å². The highest BCUT2D eigenvalue weighted by Crippen LogP contribution is 2.26. The molecular formula is C7H9F3N6O. The smallest absolute Gasteiger partial charge is 0.292 e. The van der Waals surface area contributed by atoms with Gasteiger partial charge in [0.1, 0.15) is 6.04 Å². The highest BCUT2D eigenvalue weighted by Gasteiger charge is 2.35. The predicted octanol–water partition coefficient (Wildman–Crippen LogP) is -0.372. The number of amides is 1. The molecule has 7 nitrogen and oxygen atoms in total. The number of anilines is 1. The number of hydrazine groups is 1. The van der Waals surface area contributed by atoms with Gasteiger partial charge in [-0.15, -0.1) is 5.10 Å². The predicted molar refractivity (Wildman–Crippen MR) is 49.6 cm³/mol. The maximum absolute atomic E-state index is 12.2. The second-order valence-electron chi connectivity index (χ2n) is 3.41. The monoisotopic (exact) mass is 250 g/mol. The third-order valence-electron chi connectivity index (χ3n) is 2.14. The maximum atomic E-state index is 12.2. The zero-order valence-corrected chi connectivity index (χ0v) is 8.43. The van der Waals surface area contributed by atoms with Gasteiger partial charge in [0.2, 0.25) is 17.7 Å². The number of H-pyrrole nitrogens is 1. The summed E-state index contributed by atoms with van der Waals surface area (Å²) in [5.41, 5.74) is 5.39. The van der Waals surface area contributed by atoms with Gasteiger partial charge in [-0.2, -0.15) is 18.2 Å². The molecule has 17 heavy (non-hydrogen) atoms. The molecule has 1 atom stereocenters. The molecule has 1 aromatic rings. The van der Waals surface area contributed by atoms with Gasteiger partial charge >= 0.3 is 6.18 Å². The summed E-state index contributed by atoms with van der Waals surface area (Å²) in [5, 5.41) is 7.14. The van der Waals surface area contributed by atoms with Crippen molar-refractivity contribution in [1.29, 1.82) is 0 Å². The molecule has 0 saturated carbocycles. The Morgan fingerprint density at radius 3 is 2.76 bits per heavy atom. The number of nitrogens with zero attached hydrogens (tertiary/aromatic N) is 2. The van der Waals surface area contributed by atoms with E-state index in [1.54, 1.807) is 5.10 Å². The number of alkyl halides is 3. The number of hydrogen-bond acceptors (Lipinski definition) is 5. The van der Waals surface area contributed by atoms with E-state index in [0.717, 1.165) is 0 Å². The summed E-state index contributed by atoms with van der Waals surface area (Å²) in [6.45, 7) is 0.611. The van der Waals surface area contributed by atoms with Gasteiger partial charge in [-0.3, -0.25) is 20.6 Å². The standard InChI is InChI=1S/C7H9F3N6O/c8-7(9,10)5-13-6(16-15-5)12-4(17)3-1-2-11-14-3/h3,11,14H,1-2H2,(H2,12,13,15,16,17). The van der Waals surface area contributed by atoms with E-state index < -0.39 is 29.9 Å². The van der Waals surface area contributed by atoms with E-state index in [2.05, 4.69) is 26.3 Å². The number of carbonyl (C=O) groups excluding carboxylic acids is 1. The number of nitrogens with one attached hydrogen (secondary N) is 4. The van der Waals surface area contributed by atoms with Crippen LogP contribution in [0, 0.1) is 0 Å². The number of aromatic amines is 1. The van der Waals surface area contributed by atoms with Crippen LogP contribution in [0.25, 0.3) is 0 Å². The van der Waals surface area contributed by atoms with Crippen LogP contribution < -0.4 is 16.2 Å². The van der Waals surface area contributed by atoms with Crippen molar-refractivity contribution in [2.75, 3.05) is 11.9 Å². The molecule has 1 amide bonds. The fourth-order valence-electron chi connectivity index (χ4n) is 1.32. The van der Waals surface area contributed by atoms with Crippen LogP contribution in [0.15, 0.2) is 0 Å². The van der Waals surface area contributed by atoms with Crippen LogP contribution >= 0.6 is 0 Å². The molecule has 0 spiro atoms. The Morgan fingerprint density at radius 2 is 2.24 bits per heavy atom. The minimum absolute atomic E-state index is 0.393. The third-order valence-corrected chi connectivity index (χ3v) is 2.14. The Morgan fingerprint density at radius 1 is 1.47 bits per heavy atom. The Hall–Kier alpha value is -1.68. The van der Waals surface area contributed by atoms with Crippen molar-refractivity contribution in [3.8, 4) is 0 Å². The summed E-state index contributed by atoms with van der Waals surface area (Å²) >= 11 is 0. The van der Waals surface area contributed by atoms with E-state index in [4.69, 9.17) is 0 Å². The first-order valence-electron chi connectivity index (χ1n) is 4.75. The van der Waals surface area contributed by atoms with E-state index in [1.165, 1.54) is 0 Å². The van der Waals surface area contributed by atoms with Gasteiger partial charge in [0, 0.05) is 6.54 Å². The maximum Gasteiger partial charge on any atom is 0.451 e. The van der Waals surface area contributed by atoms with Gasteiger partial charge in [-0.25, -0.2) is 5.43 Å². The number of rotatable bonds is 2. The molecule has 0 aliphatic carbocycles. The van der Waals surface area contributed by atoms with Crippen molar-refractivity contribution in [3.05, 3.63) is 5.82 Å². The summed E-state index contributed by atoms with van der Waals surface area (Å²) in [4.78, 5) is 14.6. The van der Waals surface area contributed by atoms with Gasteiger partial charge in [0.05, 0.1) is 0 Å². The Bertz CT molecular complexity index is 410. The normalized spacial score (nSPS) is 20.5. The van der Waals surface area contributed by atoms with Crippen molar-refractivity contribution >= 4 is 11.9 Å². The van der Waals surface area contributed by atoms with Gasteiger partial charge in [-0.1, -0.05) is 0 Å². The van der Waals surface area contributed by atoms with Crippen molar-refractivity contribution in [3.63, 3.8) is 0 Å². The number of aromatic nitrogens is 3. The average molecular weight is 250 g/mol. The lowest BCUT2D eigenvalue weighted by Gasteiger charge is -2.07. The zero-order chi connectivity index (χ0) is 12.5. The quantitative estimate of drug-likeness (QED) is 0.574. The highest BCUT2D eigenvalue weighted by atomic mass is 19.4. The van der Waals surface area contributed by atoms with E-state index in [0.29, 0.717) is 13.0 Å². The van der Waals surface area contributed by atoms with Crippen molar-refractivity contribution in [1.82, 2.24) is 26.0 Å². The van der Waals surface area contributed by atoms with Gasteiger partial charge in [-0.05, 0) is 6.42 Å². The molecular weight excluding hydrogens is 241 g/mol. The summed E-state index contributed by atoms with van der Waals surface area (Å²) in [5.74, 6) is -2.12. The number of halogens is 3. The molecule has 2 rings (SSSR count). The fourth-order valence-corrected chi connectivity index (χ4v) is 1.32. The first-order chi connectivity index (χ1) is 7.97. The molecule has 94 valence electrons. The lowest BCUT2D eigenvalue weighted by atomic mass is 10.2. The molecule has 0 radical (unpaired) electrons. The van der Waals surface area contributed by atoms with Crippen LogP contribution in [-0.4, -0.2) is 33.7 Å². The van der Waals surface area contributed by atoms with Crippen molar-refractivity contribution in [2.45, 2.75) is 18.6 Å². The van der Waals surface area contributed by atoms with Gasteiger partial charge in [0.15, 0.2) is 0 Å². The van der Waals surface area contributed by atoms with Gasteiger partial charge in [0.25, 0.3) is 0 Å². The zero-order valence-electron chi connectivity index (χ0n) is 8.43. The molecule has 1 saturated heterocycles. The van der Waals surface area contributed by atoms with E-state index in [-0.39, 0.29) is 0 Å². The van der Waals surface area contributed by atoms with Crippen molar-refractivity contribution in [2.24, 2.45) is 0 Å². The van der Waals surface area contributed by atoms with Crippen LogP contribution in [0.4, 0.5) is 19.1 Å². The SMILES string of the molecule is O=C(Nc1n[nH]c(C(F)(F)F)n1)C1CCNN1. The first-order valence-corrected chi connectivity index (χ1v) is 4.75. The largest absolute Gasteiger partial charge is 0.451 e. The van der Waals surface area contributed by atoms with Crippen LogP contribution in [-0.2, 0) is 11.0 Å². The Kier molecular flexibility index (Phi) is 2.98. The lowest BCUT2D eigenvalue weighted by Crippen LogP contribution is -2.39. The molecule has 2 heterocycles. The van der Waals surface area contributed by atoms with Crippen LogP contribution in [0.1, 0.15) is 12.2 Å². The third kappa shape index (κ3) is 2.71. The number of carbonyl (C=O) groups is 1. The average Bonchev–Trinajstić information content (AvgIpc) is 2.85. The molecule has 1 unspecified atom stereocenters. The minimum atomic E-state index is -4.61. The fraction of sp³-hybridized carbons (Fsp3) is 0.571. The molecule has 0 bridgehead atoms. The molecule has 1 aliphatic rings. The lowest BCUT2D eigenvalue weighted by molar-refractivity contribution is -0.144. The Balaban J connectivity index is 1.99. The molecule has 1 aliphatic heterocycles. The summed E-state index contributed by atoms with van der Waals surface area (Å²) in [6, 6.07) is -0.497. The molecule has 4 N–H and O–H groups in total.